The van der Waals surface area contributed by atoms with E-state index in [1.54, 1.807) is 24.3 Å². The maximum Gasteiger partial charge on any atom is 0.673 e. The summed E-state index contributed by atoms with van der Waals surface area (Å²) in [6.07, 6.45) is 0. The smallest absolute Gasteiger partial charge is 0.418 e. The van der Waals surface area contributed by atoms with Gasteiger partial charge in [-0.25, -0.2) is 0 Å². The molecule has 0 aromatic rings. The van der Waals surface area contributed by atoms with Crippen LogP contribution in [0.5, 0.6) is 0 Å². The molecule has 15 heteroatoms. The Kier molecular flexibility index (Phi) is 68.9. The van der Waals surface area contributed by atoms with E-state index in [1.807, 2.05) is 0 Å². The van der Waals surface area contributed by atoms with Crippen molar-refractivity contribution in [3.63, 3.8) is 0 Å². The van der Waals surface area contributed by atoms with Gasteiger partial charge in [0.2, 0.25) is 0 Å². The second-order valence-electron chi connectivity index (χ2n) is 1.88. The molecule has 0 bridgehead atoms. The minimum atomic E-state index is -6.00. The average molecular weight is 444 g/mol. The summed E-state index contributed by atoms with van der Waals surface area (Å²) in [5, 5.41) is 29.3. The van der Waals surface area contributed by atoms with E-state index in [4.69, 9.17) is 21.0 Å². The van der Waals surface area contributed by atoms with Crippen molar-refractivity contribution in [2.45, 2.75) is 27.7 Å². The first kappa shape index (κ1) is 42.9. The molecule has 0 unspecified atom stereocenters. The van der Waals surface area contributed by atoms with Gasteiger partial charge in [-0.15, -0.1) is 0 Å². The molecule has 0 rings (SSSR count). The molecular formula is C8H12B2F8N4Pd-2. The van der Waals surface area contributed by atoms with Crippen molar-refractivity contribution >= 4 is 14.5 Å². The van der Waals surface area contributed by atoms with Crippen LogP contribution in [0.4, 0.5) is 34.5 Å². The fraction of sp³-hybridized carbons (Fsp3) is 0.500. The van der Waals surface area contributed by atoms with Gasteiger partial charge in [0.15, 0.2) is 0 Å². The third-order valence-corrected chi connectivity index (χ3v) is 0. The van der Waals surface area contributed by atoms with E-state index in [-0.39, 0.29) is 20.4 Å². The number of halogens is 8. The van der Waals surface area contributed by atoms with Crippen LogP contribution in [0, 0.1) is 45.3 Å². The summed E-state index contributed by atoms with van der Waals surface area (Å²) >= 11 is 0. The second kappa shape index (κ2) is 36.9. The van der Waals surface area contributed by atoms with Gasteiger partial charge < -0.3 is 34.5 Å². The van der Waals surface area contributed by atoms with Gasteiger partial charge in [0.1, 0.15) is 0 Å². The van der Waals surface area contributed by atoms with Crippen molar-refractivity contribution in [1.29, 1.82) is 21.0 Å². The number of nitriles is 4. The first-order valence-corrected chi connectivity index (χ1v) is 4.64. The number of hydrogen-bond donors (Lipinski definition) is 0. The van der Waals surface area contributed by atoms with Gasteiger partial charge in [-0.05, 0) is 0 Å². The molecule has 138 valence electrons. The molecule has 0 atom stereocenters. The van der Waals surface area contributed by atoms with Gasteiger partial charge in [-0.1, -0.05) is 0 Å². The summed E-state index contributed by atoms with van der Waals surface area (Å²) in [6.45, 7) is 5.72. The van der Waals surface area contributed by atoms with E-state index in [0.717, 1.165) is 0 Å². The van der Waals surface area contributed by atoms with Gasteiger partial charge >= 0.3 is 14.5 Å². The quantitative estimate of drug-likeness (QED) is 0.399. The van der Waals surface area contributed by atoms with Gasteiger partial charge in [0.05, 0.1) is 24.3 Å². The Hall–Kier alpha value is -1.81. The van der Waals surface area contributed by atoms with Crippen molar-refractivity contribution in [1.82, 2.24) is 0 Å². The molecular weight excluding hydrogens is 432 g/mol. The minimum absolute atomic E-state index is 0. The summed E-state index contributed by atoms with van der Waals surface area (Å²) in [4.78, 5) is 0. The van der Waals surface area contributed by atoms with E-state index < -0.39 is 14.5 Å². The SMILES string of the molecule is CC#N.CC#N.CC#N.CC#N.F[B-](F)(F)F.F[B-](F)(F)F.[Pd]. The maximum atomic E-state index is 9.75. The third kappa shape index (κ3) is 2040. The van der Waals surface area contributed by atoms with E-state index in [1.165, 1.54) is 27.7 Å². The molecule has 0 aromatic carbocycles. The van der Waals surface area contributed by atoms with Crippen molar-refractivity contribution in [3.05, 3.63) is 0 Å². The number of nitrogens with zero attached hydrogens (tertiary/aromatic N) is 4. The summed E-state index contributed by atoms with van der Waals surface area (Å²) in [5.74, 6) is 0. The van der Waals surface area contributed by atoms with E-state index in [9.17, 15) is 34.5 Å². The fourth-order valence-electron chi connectivity index (χ4n) is 0. The molecule has 0 aromatic heterocycles. The zero-order valence-corrected chi connectivity index (χ0v) is 13.8. The van der Waals surface area contributed by atoms with Crippen LogP contribution in [0.3, 0.4) is 0 Å². The van der Waals surface area contributed by atoms with E-state index in [0.29, 0.717) is 0 Å². The second-order valence-corrected chi connectivity index (χ2v) is 1.88. The molecule has 0 saturated carbocycles. The molecule has 0 radical (unpaired) electrons. The molecule has 0 N–H and O–H groups in total. The van der Waals surface area contributed by atoms with Crippen LogP contribution in [0.2, 0.25) is 0 Å². The molecule has 0 aliphatic heterocycles. The van der Waals surface area contributed by atoms with Crippen LogP contribution in [0.1, 0.15) is 27.7 Å². The zero-order valence-electron chi connectivity index (χ0n) is 12.3. The molecule has 0 saturated heterocycles. The first-order chi connectivity index (χ1) is 9.66. The number of rotatable bonds is 0. The molecule has 0 aliphatic carbocycles. The Morgan fingerprint density at radius 2 is 0.478 bits per heavy atom. The van der Waals surface area contributed by atoms with Crippen LogP contribution in [0.25, 0.3) is 0 Å². The predicted molar refractivity (Wildman–Crippen MR) is 65.5 cm³/mol. The Morgan fingerprint density at radius 3 is 0.478 bits per heavy atom. The normalized spacial score (nSPS) is 6.61. The van der Waals surface area contributed by atoms with Crippen molar-refractivity contribution in [2.75, 3.05) is 0 Å². The van der Waals surface area contributed by atoms with E-state index >= 15 is 0 Å². The molecule has 23 heavy (non-hydrogen) atoms. The van der Waals surface area contributed by atoms with Gasteiger partial charge in [0.25, 0.3) is 0 Å². The predicted octanol–water partition coefficient (Wildman–Crippen LogP) is 4.72. The largest absolute Gasteiger partial charge is 0.673 e. The van der Waals surface area contributed by atoms with Gasteiger partial charge in [-0.3, -0.25) is 0 Å². The monoisotopic (exact) mass is 444 g/mol. The Labute approximate surface area is 143 Å². The van der Waals surface area contributed by atoms with Crippen LogP contribution < -0.4 is 0 Å². The molecule has 0 amide bonds. The summed E-state index contributed by atoms with van der Waals surface area (Å²) in [6, 6.07) is 7.00. The van der Waals surface area contributed by atoms with Gasteiger partial charge in [0, 0.05) is 48.1 Å². The Bertz CT molecular complexity index is 289. The van der Waals surface area contributed by atoms with Crippen LogP contribution in [0.15, 0.2) is 0 Å². The Balaban J connectivity index is -0.0000000270. The van der Waals surface area contributed by atoms with Crippen molar-refractivity contribution in [2.24, 2.45) is 0 Å². The third-order valence-electron chi connectivity index (χ3n) is 0. The average Bonchev–Trinajstić information content (AvgIpc) is 2.15. The van der Waals surface area contributed by atoms with Gasteiger partial charge in [-0.2, -0.15) is 21.0 Å². The van der Waals surface area contributed by atoms with Crippen LogP contribution in [-0.4, -0.2) is 14.5 Å². The summed E-state index contributed by atoms with van der Waals surface area (Å²) in [5.41, 5.74) is 0. The van der Waals surface area contributed by atoms with E-state index in [2.05, 4.69) is 0 Å². The maximum absolute atomic E-state index is 9.75. The minimum Gasteiger partial charge on any atom is -0.418 e. The van der Waals surface area contributed by atoms with Crippen molar-refractivity contribution in [3.8, 4) is 24.3 Å². The number of hydrogen-bond acceptors (Lipinski definition) is 4. The summed E-state index contributed by atoms with van der Waals surface area (Å²) < 4.78 is 78.0. The molecule has 0 aliphatic rings. The molecule has 0 spiro atoms. The van der Waals surface area contributed by atoms with Crippen LogP contribution >= 0.6 is 0 Å². The Morgan fingerprint density at radius 1 is 0.478 bits per heavy atom. The molecule has 0 heterocycles. The van der Waals surface area contributed by atoms with Crippen molar-refractivity contribution < 1.29 is 54.9 Å². The van der Waals surface area contributed by atoms with Crippen LogP contribution in [-0.2, 0) is 20.4 Å². The summed E-state index contributed by atoms with van der Waals surface area (Å²) in [7, 11) is -12.0. The first-order valence-electron chi connectivity index (χ1n) is 4.64. The molecule has 4 nitrogen and oxygen atoms in total. The standard InChI is InChI=1S/4C2H3N.2BF4.Pd/c4*1-2-3;2*2-1(3,4)5;/h4*1H3;;;/q;;;;2*-1;. The molecule has 0 fully saturated rings. The zero-order chi connectivity index (χ0) is 19.8. The topological polar surface area (TPSA) is 95.2 Å². The fourth-order valence-corrected chi connectivity index (χ4v) is 0.